The maximum absolute atomic E-state index is 12.4. The molecule has 1 N–H and O–H groups in total. The molecular formula is C21H23N5O2. The number of carbonyl (C=O) groups is 1. The largest absolute Gasteiger partial charge is 0.339 e. The topological polar surface area (TPSA) is 84.2 Å². The van der Waals surface area contributed by atoms with Gasteiger partial charge in [0.2, 0.25) is 11.7 Å². The Labute approximate surface area is 163 Å². The molecule has 28 heavy (non-hydrogen) atoms. The van der Waals surface area contributed by atoms with E-state index >= 15 is 0 Å². The van der Waals surface area contributed by atoms with E-state index in [1.807, 2.05) is 53.4 Å². The average Bonchev–Trinajstić information content (AvgIpc) is 3.25. The summed E-state index contributed by atoms with van der Waals surface area (Å²) in [6.45, 7) is 1.95. The zero-order chi connectivity index (χ0) is 19.2. The molecule has 3 heterocycles. The van der Waals surface area contributed by atoms with E-state index in [0.717, 1.165) is 30.5 Å². The van der Waals surface area contributed by atoms with Crippen LogP contribution in [0.5, 0.6) is 0 Å². The summed E-state index contributed by atoms with van der Waals surface area (Å²) in [6, 6.07) is 15.6. The Morgan fingerprint density at radius 1 is 1.11 bits per heavy atom. The smallest absolute Gasteiger partial charge is 0.317 e. The lowest BCUT2D eigenvalue weighted by molar-refractivity contribution is 0.175. The molecule has 1 saturated heterocycles. The first kappa shape index (κ1) is 18.2. The summed E-state index contributed by atoms with van der Waals surface area (Å²) >= 11 is 0. The molecule has 7 heteroatoms. The molecule has 0 bridgehead atoms. The number of nitrogens with one attached hydrogen (secondary N) is 1. The van der Waals surface area contributed by atoms with E-state index in [2.05, 4.69) is 20.4 Å². The van der Waals surface area contributed by atoms with Gasteiger partial charge in [-0.2, -0.15) is 4.98 Å². The van der Waals surface area contributed by atoms with E-state index in [-0.39, 0.29) is 11.9 Å². The number of pyridine rings is 1. The number of likely N-dealkylation sites (tertiary alicyclic amines) is 1. The minimum Gasteiger partial charge on any atom is -0.339 e. The van der Waals surface area contributed by atoms with Crippen molar-refractivity contribution >= 4 is 6.03 Å². The molecule has 0 spiro atoms. The molecule has 144 valence electrons. The molecule has 0 atom stereocenters. The fourth-order valence-corrected chi connectivity index (χ4v) is 3.39. The summed E-state index contributed by atoms with van der Waals surface area (Å²) in [5.41, 5.74) is 1.93. The summed E-state index contributed by atoms with van der Waals surface area (Å²) < 4.78 is 5.48. The van der Waals surface area contributed by atoms with Crippen LogP contribution in [0.1, 0.15) is 30.3 Å². The summed E-state index contributed by atoms with van der Waals surface area (Å²) in [7, 11) is 0. The molecule has 1 aromatic carbocycles. The molecule has 7 nitrogen and oxygen atoms in total. The van der Waals surface area contributed by atoms with Gasteiger partial charge < -0.3 is 14.7 Å². The Balaban J connectivity index is 1.25. The summed E-state index contributed by atoms with van der Waals surface area (Å²) in [5, 5.41) is 7.08. The first-order valence-electron chi connectivity index (χ1n) is 9.61. The summed E-state index contributed by atoms with van der Waals surface area (Å²) in [4.78, 5) is 23.0. The van der Waals surface area contributed by atoms with Gasteiger partial charge in [-0.3, -0.25) is 4.98 Å². The molecule has 1 aliphatic rings. The highest BCUT2D eigenvalue weighted by Crippen LogP contribution is 2.28. The van der Waals surface area contributed by atoms with Crippen molar-refractivity contribution in [3.05, 3.63) is 66.3 Å². The van der Waals surface area contributed by atoms with Gasteiger partial charge in [-0.05, 0) is 25.0 Å². The fourth-order valence-electron chi connectivity index (χ4n) is 3.39. The van der Waals surface area contributed by atoms with Crippen molar-refractivity contribution in [2.45, 2.75) is 25.2 Å². The first-order chi connectivity index (χ1) is 13.8. The predicted molar refractivity (Wildman–Crippen MR) is 105 cm³/mol. The molecule has 2 amide bonds. The van der Waals surface area contributed by atoms with Gasteiger partial charge in [-0.15, -0.1) is 0 Å². The van der Waals surface area contributed by atoms with Crippen molar-refractivity contribution < 1.29 is 9.32 Å². The van der Waals surface area contributed by atoms with E-state index in [1.54, 1.807) is 6.20 Å². The third kappa shape index (κ3) is 4.36. The third-order valence-electron chi connectivity index (χ3n) is 4.99. The van der Waals surface area contributed by atoms with Crippen LogP contribution in [0.4, 0.5) is 4.79 Å². The molecule has 1 aliphatic heterocycles. The maximum Gasteiger partial charge on any atom is 0.317 e. The molecule has 0 unspecified atom stereocenters. The minimum atomic E-state index is -0.0233. The van der Waals surface area contributed by atoms with Gasteiger partial charge >= 0.3 is 6.03 Å². The SMILES string of the molecule is O=C(NCCc1ccccn1)N1CCC(c2nc(-c3ccccc3)no2)CC1. The van der Waals surface area contributed by atoms with Crippen LogP contribution >= 0.6 is 0 Å². The highest BCUT2D eigenvalue weighted by molar-refractivity contribution is 5.74. The number of carbonyl (C=O) groups excluding carboxylic acids is 1. The van der Waals surface area contributed by atoms with Gasteiger partial charge in [0, 0.05) is 49.4 Å². The van der Waals surface area contributed by atoms with Gasteiger partial charge in [-0.1, -0.05) is 41.6 Å². The van der Waals surface area contributed by atoms with Gasteiger partial charge in [0.25, 0.3) is 0 Å². The highest BCUT2D eigenvalue weighted by atomic mass is 16.5. The predicted octanol–water partition coefficient (Wildman–Crippen LogP) is 3.26. The Morgan fingerprint density at radius 3 is 2.64 bits per heavy atom. The lowest BCUT2D eigenvalue weighted by Gasteiger charge is -2.30. The van der Waals surface area contributed by atoms with Crippen LogP contribution in [0, 0.1) is 0 Å². The monoisotopic (exact) mass is 377 g/mol. The number of urea groups is 1. The quantitative estimate of drug-likeness (QED) is 0.738. The Morgan fingerprint density at radius 2 is 1.89 bits per heavy atom. The second kappa shape index (κ2) is 8.65. The molecule has 1 fully saturated rings. The molecule has 2 aromatic heterocycles. The number of hydrogen-bond donors (Lipinski definition) is 1. The van der Waals surface area contributed by atoms with E-state index in [9.17, 15) is 4.79 Å². The number of rotatable bonds is 5. The van der Waals surface area contributed by atoms with E-state index in [4.69, 9.17) is 4.52 Å². The van der Waals surface area contributed by atoms with Crippen LogP contribution in [0.2, 0.25) is 0 Å². The lowest BCUT2D eigenvalue weighted by Crippen LogP contribution is -2.44. The van der Waals surface area contributed by atoms with Gasteiger partial charge in [0.05, 0.1) is 0 Å². The Kier molecular flexibility index (Phi) is 5.61. The van der Waals surface area contributed by atoms with E-state index < -0.39 is 0 Å². The highest BCUT2D eigenvalue weighted by Gasteiger charge is 2.27. The van der Waals surface area contributed by atoms with Crippen molar-refractivity contribution in [1.82, 2.24) is 25.3 Å². The zero-order valence-corrected chi connectivity index (χ0v) is 15.6. The van der Waals surface area contributed by atoms with Crippen LogP contribution in [0.25, 0.3) is 11.4 Å². The number of aromatic nitrogens is 3. The molecule has 0 radical (unpaired) electrons. The van der Waals surface area contributed by atoms with Gasteiger partial charge in [0.1, 0.15) is 0 Å². The van der Waals surface area contributed by atoms with Crippen molar-refractivity contribution in [2.75, 3.05) is 19.6 Å². The number of piperidine rings is 1. The van der Waals surface area contributed by atoms with Gasteiger partial charge in [0.15, 0.2) is 0 Å². The van der Waals surface area contributed by atoms with Crippen molar-refractivity contribution in [3.63, 3.8) is 0 Å². The number of benzene rings is 1. The summed E-state index contributed by atoms with van der Waals surface area (Å²) in [5.74, 6) is 1.47. The van der Waals surface area contributed by atoms with Crippen molar-refractivity contribution in [2.24, 2.45) is 0 Å². The van der Waals surface area contributed by atoms with Crippen LogP contribution < -0.4 is 5.32 Å². The van der Waals surface area contributed by atoms with Crippen LogP contribution in [-0.4, -0.2) is 45.7 Å². The van der Waals surface area contributed by atoms with Crippen LogP contribution in [-0.2, 0) is 6.42 Å². The number of amides is 2. The minimum absolute atomic E-state index is 0.0233. The second-order valence-electron chi connectivity index (χ2n) is 6.89. The zero-order valence-electron chi connectivity index (χ0n) is 15.6. The lowest BCUT2D eigenvalue weighted by atomic mass is 9.97. The first-order valence-corrected chi connectivity index (χ1v) is 9.61. The number of nitrogens with zero attached hydrogens (tertiary/aromatic N) is 4. The maximum atomic E-state index is 12.4. The van der Waals surface area contributed by atoms with Crippen molar-refractivity contribution in [3.8, 4) is 11.4 Å². The normalized spacial score (nSPS) is 14.8. The molecule has 0 aliphatic carbocycles. The van der Waals surface area contributed by atoms with Crippen LogP contribution in [0.3, 0.4) is 0 Å². The standard InChI is InChI=1S/C21H23N5O2/c27-21(23-13-9-18-8-4-5-12-22-18)26-14-10-17(11-15-26)20-24-19(25-28-20)16-6-2-1-3-7-16/h1-8,12,17H,9-11,13-15H2,(H,23,27). The van der Waals surface area contributed by atoms with E-state index in [1.165, 1.54) is 0 Å². The number of hydrogen-bond acceptors (Lipinski definition) is 5. The Bertz CT molecular complexity index is 889. The molecule has 0 saturated carbocycles. The third-order valence-corrected chi connectivity index (χ3v) is 4.99. The summed E-state index contributed by atoms with van der Waals surface area (Å²) in [6.07, 6.45) is 4.14. The van der Waals surface area contributed by atoms with E-state index in [0.29, 0.717) is 31.3 Å². The average molecular weight is 377 g/mol. The second-order valence-corrected chi connectivity index (χ2v) is 6.89. The van der Waals surface area contributed by atoms with Crippen molar-refractivity contribution in [1.29, 1.82) is 0 Å². The molecular weight excluding hydrogens is 354 g/mol. The Hall–Kier alpha value is -3.22. The van der Waals surface area contributed by atoms with Gasteiger partial charge in [-0.25, -0.2) is 4.79 Å². The molecule has 3 aromatic rings. The van der Waals surface area contributed by atoms with Crippen LogP contribution in [0.15, 0.2) is 59.3 Å². The molecule has 4 rings (SSSR count). The fraction of sp³-hybridized carbons (Fsp3) is 0.333.